The number of nitrogen functional groups attached to an aromatic ring is 1. The number of aromatic nitrogens is 6. The number of hydrogen-bond donors (Lipinski definition) is 1. The highest BCUT2D eigenvalue weighted by molar-refractivity contribution is 7.99. The number of hydrogen-bond acceptors (Lipinski definition) is 7. The number of aryl methyl sites for hydroxylation is 1. The molecule has 0 bridgehead atoms. The first-order chi connectivity index (χ1) is 11.8. The predicted molar refractivity (Wildman–Crippen MR) is 84.0 cm³/mol. The van der Waals surface area contributed by atoms with Crippen molar-refractivity contribution in [3.63, 3.8) is 0 Å². The molecule has 3 aromatic heterocycles. The highest BCUT2D eigenvalue weighted by Crippen LogP contribution is 2.33. The Labute approximate surface area is 144 Å². The molecule has 3 heterocycles. The van der Waals surface area contributed by atoms with Crippen LogP contribution in [0.2, 0.25) is 0 Å². The van der Waals surface area contributed by atoms with Crippen LogP contribution >= 0.6 is 11.8 Å². The second-order valence-electron chi connectivity index (χ2n) is 5.08. The summed E-state index contributed by atoms with van der Waals surface area (Å²) in [6.45, 7) is 3.56. The molecule has 0 spiro atoms. The van der Waals surface area contributed by atoms with E-state index in [2.05, 4.69) is 25.1 Å². The molecular weight excluding hydrogens is 355 g/mol. The molecule has 7 nitrogen and oxygen atoms in total. The van der Waals surface area contributed by atoms with E-state index in [9.17, 15) is 13.2 Å². The summed E-state index contributed by atoms with van der Waals surface area (Å²) in [6.07, 6.45) is -1.46. The van der Waals surface area contributed by atoms with Crippen LogP contribution in [0.15, 0.2) is 34.7 Å². The average molecular weight is 367 g/mol. The van der Waals surface area contributed by atoms with Crippen LogP contribution in [-0.2, 0) is 6.18 Å². The molecule has 0 unspecified atom stereocenters. The number of pyridine rings is 1. The van der Waals surface area contributed by atoms with E-state index in [0.717, 1.165) is 11.8 Å². The van der Waals surface area contributed by atoms with Crippen molar-refractivity contribution in [2.75, 3.05) is 5.84 Å². The first-order valence-corrected chi connectivity index (χ1v) is 7.80. The fourth-order valence-corrected chi connectivity index (χ4v) is 2.82. The third-order valence-corrected chi connectivity index (χ3v) is 4.42. The zero-order valence-corrected chi connectivity index (χ0v) is 13.9. The van der Waals surface area contributed by atoms with Gasteiger partial charge in [0.15, 0.2) is 5.82 Å². The smallest absolute Gasteiger partial charge is 0.335 e. The molecule has 0 aliphatic rings. The fraction of sp³-hybridized carbons (Fsp3) is 0.214. The molecule has 0 aromatic carbocycles. The van der Waals surface area contributed by atoms with E-state index in [4.69, 9.17) is 5.84 Å². The van der Waals surface area contributed by atoms with Crippen molar-refractivity contribution in [3.8, 4) is 11.4 Å². The van der Waals surface area contributed by atoms with Crippen molar-refractivity contribution in [3.05, 3.63) is 41.6 Å². The van der Waals surface area contributed by atoms with Crippen molar-refractivity contribution in [2.45, 2.75) is 30.2 Å². The first-order valence-electron chi connectivity index (χ1n) is 6.98. The van der Waals surface area contributed by atoms with Gasteiger partial charge >= 0.3 is 6.18 Å². The standard InChI is InChI=1S/C14H12F3N7S/c1-7-8(2)20-10(9-4-3-5-19-6-9)21-11(7)25-13-23-22-12(24(13)18)14(15,16)17/h3-6H,18H2,1-2H3. The van der Waals surface area contributed by atoms with Crippen molar-refractivity contribution < 1.29 is 13.2 Å². The quantitative estimate of drug-likeness (QED) is 0.561. The second-order valence-corrected chi connectivity index (χ2v) is 6.04. The van der Waals surface area contributed by atoms with Crippen molar-refractivity contribution >= 4 is 11.8 Å². The van der Waals surface area contributed by atoms with E-state index in [1.807, 2.05) is 0 Å². The SMILES string of the molecule is Cc1nc(-c2cccnc2)nc(Sc2nnc(C(F)(F)F)n2N)c1C. The predicted octanol–water partition coefficient (Wildman–Crippen LogP) is 2.63. The van der Waals surface area contributed by atoms with Gasteiger partial charge < -0.3 is 5.84 Å². The van der Waals surface area contributed by atoms with Gasteiger partial charge in [-0.2, -0.15) is 13.2 Å². The molecule has 0 aliphatic heterocycles. The lowest BCUT2D eigenvalue weighted by molar-refractivity contribution is -0.146. The van der Waals surface area contributed by atoms with Gasteiger partial charge in [0.25, 0.3) is 5.82 Å². The van der Waals surface area contributed by atoms with E-state index in [-0.39, 0.29) is 5.16 Å². The summed E-state index contributed by atoms with van der Waals surface area (Å²) in [5.41, 5.74) is 2.10. The average Bonchev–Trinajstić information content (AvgIpc) is 2.93. The van der Waals surface area contributed by atoms with E-state index in [0.29, 0.717) is 32.3 Å². The summed E-state index contributed by atoms with van der Waals surface area (Å²) in [5.74, 6) is 4.61. The van der Waals surface area contributed by atoms with E-state index in [1.54, 1.807) is 38.4 Å². The van der Waals surface area contributed by atoms with Gasteiger partial charge in [-0.25, -0.2) is 14.6 Å². The lowest BCUT2D eigenvalue weighted by atomic mass is 10.2. The molecule has 2 N–H and O–H groups in total. The second kappa shape index (κ2) is 6.31. The molecule has 0 amide bonds. The molecule has 11 heteroatoms. The minimum atomic E-state index is -4.68. The number of halogens is 3. The first kappa shape index (κ1) is 17.1. The van der Waals surface area contributed by atoms with Crippen LogP contribution in [0.5, 0.6) is 0 Å². The van der Waals surface area contributed by atoms with Gasteiger partial charge in [-0.15, -0.1) is 10.2 Å². The highest BCUT2D eigenvalue weighted by atomic mass is 32.2. The van der Waals surface area contributed by atoms with E-state index in [1.165, 1.54) is 0 Å². The molecule has 0 aliphatic carbocycles. The highest BCUT2D eigenvalue weighted by Gasteiger charge is 2.38. The minimum absolute atomic E-state index is 0.120. The molecule has 130 valence electrons. The molecule has 0 saturated carbocycles. The summed E-state index contributed by atoms with van der Waals surface area (Å²) in [5, 5.41) is 6.94. The minimum Gasteiger partial charge on any atom is -0.335 e. The van der Waals surface area contributed by atoms with Crippen LogP contribution in [0.3, 0.4) is 0 Å². The molecule has 3 aromatic rings. The van der Waals surface area contributed by atoms with Crippen molar-refractivity contribution in [1.29, 1.82) is 0 Å². The van der Waals surface area contributed by atoms with Crippen molar-refractivity contribution in [1.82, 2.24) is 29.8 Å². The molecular formula is C14H12F3N7S. The maximum atomic E-state index is 12.8. The van der Waals surface area contributed by atoms with Gasteiger partial charge in [-0.05, 0) is 37.7 Å². The van der Waals surface area contributed by atoms with Gasteiger partial charge in [0.05, 0.1) is 0 Å². The number of nitrogens with two attached hydrogens (primary N) is 1. The van der Waals surface area contributed by atoms with Gasteiger partial charge in [-0.1, -0.05) is 0 Å². The zero-order valence-electron chi connectivity index (χ0n) is 13.1. The molecule has 25 heavy (non-hydrogen) atoms. The Morgan fingerprint density at radius 2 is 1.92 bits per heavy atom. The normalized spacial score (nSPS) is 11.7. The van der Waals surface area contributed by atoms with Gasteiger partial charge in [0.2, 0.25) is 5.16 Å². The van der Waals surface area contributed by atoms with Crippen LogP contribution in [-0.4, -0.2) is 29.8 Å². The number of rotatable bonds is 3. The molecule has 0 radical (unpaired) electrons. The summed E-state index contributed by atoms with van der Waals surface area (Å²) in [4.78, 5) is 12.8. The van der Waals surface area contributed by atoms with Crippen LogP contribution in [0.4, 0.5) is 13.2 Å². The van der Waals surface area contributed by atoms with Crippen LogP contribution < -0.4 is 5.84 Å². The Morgan fingerprint density at radius 1 is 1.16 bits per heavy atom. The maximum Gasteiger partial charge on any atom is 0.453 e. The van der Waals surface area contributed by atoms with Crippen LogP contribution in [0.1, 0.15) is 17.1 Å². The number of alkyl halides is 3. The Hall–Kier alpha value is -2.69. The monoisotopic (exact) mass is 367 g/mol. The fourth-order valence-electron chi connectivity index (χ4n) is 1.95. The molecule has 0 saturated heterocycles. The van der Waals surface area contributed by atoms with E-state index < -0.39 is 12.0 Å². The lowest BCUT2D eigenvalue weighted by Gasteiger charge is -2.10. The van der Waals surface area contributed by atoms with Gasteiger partial charge in [0, 0.05) is 29.2 Å². The Kier molecular flexibility index (Phi) is 4.33. The molecule has 0 fully saturated rings. The number of nitrogens with zero attached hydrogens (tertiary/aromatic N) is 6. The Balaban J connectivity index is 2.01. The Bertz CT molecular complexity index is 909. The summed E-state index contributed by atoms with van der Waals surface area (Å²) in [7, 11) is 0. The van der Waals surface area contributed by atoms with Gasteiger partial charge in [0.1, 0.15) is 5.03 Å². The van der Waals surface area contributed by atoms with Crippen LogP contribution in [0.25, 0.3) is 11.4 Å². The maximum absolute atomic E-state index is 12.8. The molecule has 3 rings (SSSR count). The molecule has 0 atom stereocenters. The van der Waals surface area contributed by atoms with Crippen LogP contribution in [0, 0.1) is 13.8 Å². The zero-order chi connectivity index (χ0) is 18.2. The topological polar surface area (TPSA) is 95.4 Å². The summed E-state index contributed by atoms with van der Waals surface area (Å²) < 4.78 is 38.8. The summed E-state index contributed by atoms with van der Waals surface area (Å²) >= 11 is 0.894. The third-order valence-electron chi connectivity index (χ3n) is 3.37. The van der Waals surface area contributed by atoms with E-state index >= 15 is 0 Å². The Morgan fingerprint density at radius 3 is 2.52 bits per heavy atom. The lowest BCUT2D eigenvalue weighted by Crippen LogP contribution is -2.21. The van der Waals surface area contributed by atoms with Gasteiger partial charge in [-0.3, -0.25) is 4.98 Å². The largest absolute Gasteiger partial charge is 0.453 e. The van der Waals surface area contributed by atoms with Crippen molar-refractivity contribution in [2.24, 2.45) is 0 Å². The summed E-state index contributed by atoms with van der Waals surface area (Å²) in [6, 6.07) is 3.53. The third kappa shape index (κ3) is 3.40.